The molecule has 0 spiro atoms. The van der Waals surface area contributed by atoms with Gasteiger partial charge in [-0.1, -0.05) is 0 Å². The molecule has 90 valence electrons. The van der Waals surface area contributed by atoms with Crippen LogP contribution < -0.4 is 5.32 Å². The molecule has 4 heteroatoms. The van der Waals surface area contributed by atoms with E-state index in [9.17, 15) is 4.79 Å². The topological polar surface area (TPSA) is 43.3 Å². The summed E-state index contributed by atoms with van der Waals surface area (Å²) in [5.74, 6) is -0.248. The number of nitrogens with zero attached hydrogens (tertiary/aromatic N) is 1. The Morgan fingerprint density at radius 2 is 2.25 bits per heavy atom. The summed E-state index contributed by atoms with van der Waals surface area (Å²) in [4.78, 5) is 11.4. The van der Waals surface area contributed by atoms with Crippen LogP contribution in [0.3, 0.4) is 0 Å². The molecule has 0 saturated heterocycles. The molecule has 0 amide bonds. The van der Waals surface area contributed by atoms with Gasteiger partial charge in [-0.25, -0.2) is 0 Å². The molecular formula is C12H20N2O2. The molecular weight excluding hydrogens is 204 g/mol. The summed E-state index contributed by atoms with van der Waals surface area (Å²) in [5, 5.41) is 3.18. The number of esters is 1. The van der Waals surface area contributed by atoms with Gasteiger partial charge in [0.05, 0.1) is 7.11 Å². The number of aromatic nitrogens is 1. The maximum Gasteiger partial charge on any atom is 0.325 e. The summed E-state index contributed by atoms with van der Waals surface area (Å²) in [6, 6.07) is 2.05. The molecule has 1 aromatic heterocycles. The number of hydrogen-bond acceptors (Lipinski definition) is 3. The van der Waals surface area contributed by atoms with Gasteiger partial charge >= 0.3 is 5.97 Å². The van der Waals surface area contributed by atoms with E-state index < -0.39 is 5.54 Å². The van der Waals surface area contributed by atoms with Gasteiger partial charge in [0, 0.05) is 25.5 Å². The fourth-order valence-corrected chi connectivity index (χ4v) is 1.44. The third-order valence-corrected chi connectivity index (χ3v) is 2.61. The molecule has 0 bridgehead atoms. The number of rotatable bonds is 5. The highest BCUT2D eigenvalue weighted by atomic mass is 16.5. The van der Waals surface area contributed by atoms with Crippen molar-refractivity contribution in [2.45, 2.75) is 39.4 Å². The first-order valence-corrected chi connectivity index (χ1v) is 5.47. The number of carbonyl (C=O) groups is 1. The molecule has 0 saturated carbocycles. The highest BCUT2D eigenvalue weighted by Crippen LogP contribution is 2.08. The van der Waals surface area contributed by atoms with Crippen LogP contribution in [0.4, 0.5) is 0 Å². The van der Waals surface area contributed by atoms with Gasteiger partial charge in [-0.05, 0) is 32.4 Å². The van der Waals surface area contributed by atoms with Crippen LogP contribution >= 0.6 is 0 Å². The van der Waals surface area contributed by atoms with Crippen LogP contribution in [0.15, 0.2) is 18.5 Å². The van der Waals surface area contributed by atoms with Gasteiger partial charge in [-0.3, -0.25) is 10.1 Å². The quantitative estimate of drug-likeness (QED) is 0.772. The lowest BCUT2D eigenvalue weighted by atomic mass is 10.1. The summed E-state index contributed by atoms with van der Waals surface area (Å²) < 4.78 is 6.82. The molecule has 0 aliphatic heterocycles. The second kappa shape index (κ2) is 5.16. The molecule has 1 N–H and O–H groups in total. The van der Waals surface area contributed by atoms with Gasteiger partial charge in [0.2, 0.25) is 0 Å². The zero-order valence-corrected chi connectivity index (χ0v) is 10.4. The summed E-state index contributed by atoms with van der Waals surface area (Å²) in [6.45, 7) is 7.34. The van der Waals surface area contributed by atoms with Crippen molar-refractivity contribution in [1.29, 1.82) is 0 Å². The summed E-state index contributed by atoms with van der Waals surface area (Å²) in [5.41, 5.74) is 0.516. The monoisotopic (exact) mass is 224 g/mol. The molecule has 0 aliphatic carbocycles. The number of nitrogens with one attached hydrogen (secondary N) is 1. The van der Waals surface area contributed by atoms with E-state index >= 15 is 0 Å². The number of methoxy groups -OCH3 is 1. The molecule has 0 aromatic carbocycles. The molecule has 0 fully saturated rings. The van der Waals surface area contributed by atoms with Crippen LogP contribution in [0, 0.1) is 0 Å². The molecule has 0 aliphatic rings. The van der Waals surface area contributed by atoms with Crippen molar-refractivity contribution in [2.75, 3.05) is 7.11 Å². The Morgan fingerprint density at radius 3 is 2.75 bits per heavy atom. The summed E-state index contributed by atoms with van der Waals surface area (Å²) in [6.07, 6.45) is 4.10. The first kappa shape index (κ1) is 12.8. The predicted octanol–water partition coefficient (Wildman–Crippen LogP) is 1.55. The standard InChI is InChI=1S/C12H20N2O2/c1-5-14-7-6-10(9-14)8-13-12(2,3)11(15)16-4/h6-7,9,13H,5,8H2,1-4H3. The van der Waals surface area contributed by atoms with Crippen LogP contribution in [-0.2, 0) is 22.6 Å². The minimum Gasteiger partial charge on any atom is -0.468 e. The fraction of sp³-hybridized carbons (Fsp3) is 0.583. The highest BCUT2D eigenvalue weighted by Gasteiger charge is 2.27. The average molecular weight is 224 g/mol. The number of hydrogen-bond donors (Lipinski definition) is 1. The second-order valence-electron chi connectivity index (χ2n) is 4.32. The molecule has 0 unspecified atom stereocenters. The summed E-state index contributed by atoms with van der Waals surface area (Å²) >= 11 is 0. The lowest BCUT2D eigenvalue weighted by molar-refractivity contribution is -0.147. The molecule has 4 nitrogen and oxygen atoms in total. The maximum absolute atomic E-state index is 11.4. The SMILES string of the molecule is CCn1ccc(CNC(C)(C)C(=O)OC)c1. The van der Waals surface area contributed by atoms with E-state index in [4.69, 9.17) is 4.74 Å². The Hall–Kier alpha value is -1.29. The van der Waals surface area contributed by atoms with Gasteiger partial charge in [-0.2, -0.15) is 0 Å². The fourth-order valence-electron chi connectivity index (χ4n) is 1.44. The van der Waals surface area contributed by atoms with E-state index in [0.29, 0.717) is 6.54 Å². The van der Waals surface area contributed by atoms with Gasteiger partial charge in [0.1, 0.15) is 5.54 Å². The van der Waals surface area contributed by atoms with Crippen LogP contribution in [-0.4, -0.2) is 23.2 Å². The normalized spacial score (nSPS) is 11.5. The minimum absolute atomic E-state index is 0.248. The van der Waals surface area contributed by atoms with Gasteiger partial charge < -0.3 is 9.30 Å². The van der Waals surface area contributed by atoms with Crippen LogP contribution in [0.25, 0.3) is 0 Å². The summed E-state index contributed by atoms with van der Waals surface area (Å²) in [7, 11) is 1.40. The van der Waals surface area contributed by atoms with Crippen molar-refractivity contribution in [3.05, 3.63) is 24.0 Å². The number of ether oxygens (including phenoxy) is 1. The van der Waals surface area contributed by atoms with Crippen molar-refractivity contribution in [3.8, 4) is 0 Å². The largest absolute Gasteiger partial charge is 0.468 e. The first-order valence-electron chi connectivity index (χ1n) is 5.47. The van der Waals surface area contributed by atoms with E-state index in [1.807, 2.05) is 26.1 Å². The lowest BCUT2D eigenvalue weighted by Crippen LogP contribution is -2.46. The third-order valence-electron chi connectivity index (χ3n) is 2.61. The van der Waals surface area contributed by atoms with E-state index in [1.165, 1.54) is 12.7 Å². The Morgan fingerprint density at radius 1 is 1.56 bits per heavy atom. The molecule has 0 atom stereocenters. The number of aryl methyl sites for hydroxylation is 1. The third kappa shape index (κ3) is 3.10. The predicted molar refractivity (Wildman–Crippen MR) is 63.0 cm³/mol. The van der Waals surface area contributed by atoms with Crippen molar-refractivity contribution in [1.82, 2.24) is 9.88 Å². The molecule has 1 aromatic rings. The molecule has 0 radical (unpaired) electrons. The van der Waals surface area contributed by atoms with E-state index in [2.05, 4.69) is 23.0 Å². The van der Waals surface area contributed by atoms with E-state index in [0.717, 1.165) is 6.54 Å². The van der Waals surface area contributed by atoms with Gasteiger partial charge in [-0.15, -0.1) is 0 Å². The lowest BCUT2D eigenvalue weighted by Gasteiger charge is -2.22. The van der Waals surface area contributed by atoms with Crippen molar-refractivity contribution in [3.63, 3.8) is 0 Å². The number of carbonyl (C=O) groups excluding carboxylic acids is 1. The maximum atomic E-state index is 11.4. The Kier molecular flexibility index (Phi) is 4.12. The van der Waals surface area contributed by atoms with E-state index in [1.54, 1.807) is 0 Å². The van der Waals surface area contributed by atoms with Crippen LogP contribution in [0.5, 0.6) is 0 Å². The Bertz CT molecular complexity index is 356. The molecule has 1 rings (SSSR count). The molecule has 1 heterocycles. The minimum atomic E-state index is -0.650. The Labute approximate surface area is 96.6 Å². The zero-order valence-electron chi connectivity index (χ0n) is 10.4. The molecule has 16 heavy (non-hydrogen) atoms. The zero-order chi connectivity index (χ0) is 12.2. The van der Waals surface area contributed by atoms with Crippen molar-refractivity contribution < 1.29 is 9.53 Å². The average Bonchev–Trinajstić information content (AvgIpc) is 2.73. The van der Waals surface area contributed by atoms with Gasteiger partial charge in [0.25, 0.3) is 0 Å². The van der Waals surface area contributed by atoms with E-state index in [-0.39, 0.29) is 5.97 Å². The highest BCUT2D eigenvalue weighted by molar-refractivity contribution is 5.79. The smallest absolute Gasteiger partial charge is 0.325 e. The van der Waals surface area contributed by atoms with Gasteiger partial charge in [0.15, 0.2) is 0 Å². The van der Waals surface area contributed by atoms with Crippen molar-refractivity contribution >= 4 is 5.97 Å². The first-order chi connectivity index (χ1) is 7.49. The Balaban J connectivity index is 2.53. The van der Waals surface area contributed by atoms with Crippen molar-refractivity contribution in [2.24, 2.45) is 0 Å². The van der Waals surface area contributed by atoms with Crippen LogP contribution in [0.1, 0.15) is 26.3 Å². The van der Waals surface area contributed by atoms with Crippen LogP contribution in [0.2, 0.25) is 0 Å². The second-order valence-corrected chi connectivity index (χ2v) is 4.32.